The van der Waals surface area contributed by atoms with Crippen LogP contribution in [0.2, 0.25) is 0 Å². The number of rotatable bonds is 7. The van der Waals surface area contributed by atoms with E-state index in [9.17, 15) is 5.11 Å². The van der Waals surface area contributed by atoms with Gasteiger partial charge < -0.3 is 15.2 Å². The highest BCUT2D eigenvalue weighted by Crippen LogP contribution is 2.44. The maximum atomic E-state index is 9.22. The van der Waals surface area contributed by atoms with Gasteiger partial charge in [-0.3, -0.25) is 0 Å². The number of hydrogen-bond acceptors (Lipinski definition) is 4. The Labute approximate surface area is 107 Å². The Hall–Kier alpha value is -1.57. The molecule has 96 valence electrons. The van der Waals surface area contributed by atoms with Crippen molar-refractivity contribution in [2.45, 2.75) is 19.4 Å². The van der Waals surface area contributed by atoms with Gasteiger partial charge in [-0.1, -0.05) is 18.2 Å². The fourth-order valence-corrected chi connectivity index (χ4v) is 1.93. The number of benzene rings is 1. The van der Waals surface area contributed by atoms with Gasteiger partial charge in [0.1, 0.15) is 11.8 Å². The SMILES string of the molecule is N#CCOc1ccccc1CNCC1(CO)CC1. The molecule has 18 heavy (non-hydrogen) atoms. The fourth-order valence-electron chi connectivity index (χ4n) is 1.93. The Balaban J connectivity index is 1.86. The summed E-state index contributed by atoms with van der Waals surface area (Å²) >= 11 is 0. The van der Waals surface area contributed by atoms with E-state index in [0.717, 1.165) is 30.7 Å². The minimum Gasteiger partial charge on any atom is -0.478 e. The third kappa shape index (κ3) is 3.22. The van der Waals surface area contributed by atoms with E-state index in [4.69, 9.17) is 10.00 Å². The second-order valence-electron chi connectivity index (χ2n) is 4.82. The van der Waals surface area contributed by atoms with Crippen LogP contribution in [0.3, 0.4) is 0 Å². The van der Waals surface area contributed by atoms with Crippen molar-refractivity contribution >= 4 is 0 Å². The van der Waals surface area contributed by atoms with Gasteiger partial charge in [0.05, 0.1) is 0 Å². The Bertz CT molecular complexity index is 436. The summed E-state index contributed by atoms with van der Waals surface area (Å²) < 4.78 is 5.36. The Morgan fingerprint density at radius 3 is 2.83 bits per heavy atom. The molecule has 0 saturated heterocycles. The van der Waals surface area contributed by atoms with Crippen LogP contribution in [0.15, 0.2) is 24.3 Å². The molecule has 1 saturated carbocycles. The van der Waals surface area contributed by atoms with Gasteiger partial charge in [0.25, 0.3) is 0 Å². The number of nitrogens with zero attached hydrogens (tertiary/aromatic N) is 1. The first kappa shape index (κ1) is 12.9. The molecular weight excluding hydrogens is 228 g/mol. The van der Waals surface area contributed by atoms with Crippen LogP contribution in [0.5, 0.6) is 5.75 Å². The van der Waals surface area contributed by atoms with Crippen LogP contribution >= 0.6 is 0 Å². The lowest BCUT2D eigenvalue weighted by molar-refractivity contribution is 0.207. The first-order valence-corrected chi connectivity index (χ1v) is 6.19. The highest BCUT2D eigenvalue weighted by molar-refractivity contribution is 5.33. The van der Waals surface area contributed by atoms with E-state index in [1.54, 1.807) is 0 Å². The zero-order valence-electron chi connectivity index (χ0n) is 10.4. The summed E-state index contributed by atoms with van der Waals surface area (Å²) in [4.78, 5) is 0. The smallest absolute Gasteiger partial charge is 0.174 e. The van der Waals surface area contributed by atoms with Crippen LogP contribution in [0.25, 0.3) is 0 Å². The minimum atomic E-state index is 0.0671. The van der Waals surface area contributed by atoms with E-state index in [-0.39, 0.29) is 18.6 Å². The zero-order chi connectivity index (χ0) is 12.8. The third-order valence-corrected chi connectivity index (χ3v) is 3.37. The second kappa shape index (κ2) is 5.85. The molecule has 2 N–H and O–H groups in total. The standard InChI is InChI=1S/C14H18N2O2/c15-7-8-18-13-4-2-1-3-12(13)9-16-10-14(11-17)5-6-14/h1-4,16-17H,5-6,8-11H2. The normalized spacial score (nSPS) is 16.0. The van der Waals surface area contributed by atoms with Crippen LogP contribution in [0, 0.1) is 16.7 Å². The topological polar surface area (TPSA) is 65.3 Å². The maximum Gasteiger partial charge on any atom is 0.174 e. The summed E-state index contributed by atoms with van der Waals surface area (Å²) in [5.41, 5.74) is 1.16. The number of aliphatic hydroxyl groups is 1. The molecule has 0 aromatic heterocycles. The predicted molar refractivity (Wildman–Crippen MR) is 68.0 cm³/mol. The lowest BCUT2D eigenvalue weighted by Gasteiger charge is -2.14. The first-order valence-electron chi connectivity index (χ1n) is 6.19. The Morgan fingerprint density at radius 1 is 1.39 bits per heavy atom. The number of nitriles is 1. The summed E-state index contributed by atoms with van der Waals surface area (Å²) in [6, 6.07) is 9.67. The van der Waals surface area contributed by atoms with Crippen molar-refractivity contribution in [3.05, 3.63) is 29.8 Å². The van der Waals surface area contributed by atoms with Crippen molar-refractivity contribution in [3.63, 3.8) is 0 Å². The van der Waals surface area contributed by atoms with Gasteiger partial charge in [0, 0.05) is 30.7 Å². The van der Waals surface area contributed by atoms with E-state index in [1.807, 2.05) is 30.3 Å². The molecule has 1 aromatic rings. The highest BCUT2D eigenvalue weighted by atomic mass is 16.5. The molecule has 4 heteroatoms. The molecule has 0 amide bonds. The molecule has 0 radical (unpaired) electrons. The number of nitrogens with one attached hydrogen (secondary N) is 1. The summed E-state index contributed by atoms with van der Waals surface area (Å²) in [7, 11) is 0. The average molecular weight is 246 g/mol. The lowest BCUT2D eigenvalue weighted by Crippen LogP contribution is -2.26. The van der Waals surface area contributed by atoms with Gasteiger partial charge in [0.2, 0.25) is 0 Å². The molecule has 1 aliphatic carbocycles. The van der Waals surface area contributed by atoms with E-state index in [0.29, 0.717) is 6.54 Å². The van der Waals surface area contributed by atoms with Crippen LogP contribution in [-0.2, 0) is 6.54 Å². The first-order chi connectivity index (χ1) is 8.79. The third-order valence-electron chi connectivity index (χ3n) is 3.37. The monoisotopic (exact) mass is 246 g/mol. The molecule has 0 aliphatic heterocycles. The van der Waals surface area contributed by atoms with Crippen LogP contribution in [0.1, 0.15) is 18.4 Å². The summed E-state index contributed by atoms with van der Waals surface area (Å²) in [6.07, 6.45) is 2.20. The molecule has 0 bridgehead atoms. The van der Waals surface area contributed by atoms with E-state index in [2.05, 4.69) is 5.32 Å². The van der Waals surface area contributed by atoms with Crippen molar-refractivity contribution in [2.24, 2.45) is 5.41 Å². The average Bonchev–Trinajstić information content (AvgIpc) is 3.18. The second-order valence-corrected chi connectivity index (χ2v) is 4.82. The van der Waals surface area contributed by atoms with Crippen molar-refractivity contribution in [1.82, 2.24) is 5.32 Å². The minimum absolute atomic E-state index is 0.0671. The van der Waals surface area contributed by atoms with Gasteiger partial charge >= 0.3 is 0 Å². The maximum absolute atomic E-state index is 9.22. The molecule has 1 fully saturated rings. The molecule has 4 nitrogen and oxygen atoms in total. The van der Waals surface area contributed by atoms with Crippen LogP contribution < -0.4 is 10.1 Å². The summed E-state index contributed by atoms with van der Waals surface area (Å²) in [5, 5.41) is 21.1. The van der Waals surface area contributed by atoms with Gasteiger partial charge in [-0.15, -0.1) is 0 Å². The summed E-state index contributed by atoms with van der Waals surface area (Å²) in [5.74, 6) is 0.750. The highest BCUT2D eigenvalue weighted by Gasteiger charge is 2.41. The summed E-state index contributed by atoms with van der Waals surface area (Å²) in [6.45, 7) is 1.85. The molecule has 0 heterocycles. The van der Waals surface area contributed by atoms with Gasteiger partial charge in [-0.05, 0) is 18.9 Å². The molecule has 0 spiro atoms. The molecule has 1 aromatic carbocycles. The van der Waals surface area contributed by atoms with Crippen molar-refractivity contribution < 1.29 is 9.84 Å². The Morgan fingerprint density at radius 2 is 2.17 bits per heavy atom. The van der Waals surface area contributed by atoms with Crippen molar-refractivity contribution in [1.29, 1.82) is 5.26 Å². The number of para-hydroxylation sites is 1. The number of hydrogen-bond donors (Lipinski definition) is 2. The molecular formula is C14H18N2O2. The molecule has 2 rings (SSSR count). The zero-order valence-corrected chi connectivity index (χ0v) is 10.4. The number of aliphatic hydroxyl groups excluding tert-OH is 1. The van der Waals surface area contributed by atoms with E-state index >= 15 is 0 Å². The lowest BCUT2D eigenvalue weighted by atomic mass is 10.1. The molecule has 0 atom stereocenters. The largest absolute Gasteiger partial charge is 0.478 e. The van der Waals surface area contributed by atoms with E-state index in [1.165, 1.54) is 0 Å². The van der Waals surface area contributed by atoms with Crippen molar-refractivity contribution in [2.75, 3.05) is 19.8 Å². The fraction of sp³-hybridized carbons (Fsp3) is 0.500. The van der Waals surface area contributed by atoms with E-state index < -0.39 is 0 Å². The predicted octanol–water partition coefficient (Wildman–Crippen LogP) is 1.45. The molecule has 1 aliphatic rings. The van der Waals surface area contributed by atoms with Crippen LogP contribution in [-0.4, -0.2) is 24.9 Å². The number of ether oxygens (including phenoxy) is 1. The van der Waals surface area contributed by atoms with Gasteiger partial charge in [-0.25, -0.2) is 0 Å². The van der Waals surface area contributed by atoms with Crippen LogP contribution in [0.4, 0.5) is 0 Å². The van der Waals surface area contributed by atoms with Gasteiger partial charge in [0.15, 0.2) is 6.61 Å². The quantitative estimate of drug-likeness (QED) is 0.764. The Kier molecular flexibility index (Phi) is 4.19. The molecule has 0 unspecified atom stereocenters. The van der Waals surface area contributed by atoms with Crippen molar-refractivity contribution in [3.8, 4) is 11.8 Å². The van der Waals surface area contributed by atoms with Gasteiger partial charge in [-0.2, -0.15) is 5.26 Å².